The van der Waals surface area contributed by atoms with Crippen LogP contribution in [0.1, 0.15) is 59.6 Å². The van der Waals surface area contributed by atoms with E-state index in [1.807, 2.05) is 43.3 Å². The molecular weight excluding hydrogens is 398 g/mol. The first kappa shape index (κ1) is 21.8. The van der Waals surface area contributed by atoms with Crippen molar-refractivity contribution in [2.24, 2.45) is 0 Å². The topological polar surface area (TPSA) is 51.5 Å². The molecule has 32 heavy (non-hydrogen) atoms. The Kier molecular flexibility index (Phi) is 6.37. The first-order valence-electron chi connectivity index (χ1n) is 11.1. The summed E-state index contributed by atoms with van der Waals surface area (Å²) in [6.45, 7) is 6.75. The van der Waals surface area contributed by atoms with E-state index in [2.05, 4.69) is 32.0 Å². The molecule has 0 N–H and O–H groups in total. The van der Waals surface area contributed by atoms with E-state index >= 15 is 0 Å². The van der Waals surface area contributed by atoms with Crippen LogP contribution in [0.5, 0.6) is 23.0 Å². The van der Waals surface area contributed by atoms with Crippen LogP contribution in [0.25, 0.3) is 0 Å². The van der Waals surface area contributed by atoms with Gasteiger partial charge in [0.15, 0.2) is 11.5 Å². The summed E-state index contributed by atoms with van der Waals surface area (Å²) in [5.74, 6) is 3.20. The molecule has 1 aliphatic rings. The SMILES string of the molecule is COc1c(Oc2c(C)cc(C#N)c3c2CCC3)ccc(OCc2ccccc2)c1C(C)C. The quantitative estimate of drug-likeness (QED) is 0.413. The maximum atomic E-state index is 9.53. The van der Waals surface area contributed by atoms with E-state index in [9.17, 15) is 5.26 Å². The molecule has 3 aromatic carbocycles. The molecule has 164 valence electrons. The van der Waals surface area contributed by atoms with E-state index < -0.39 is 0 Å². The van der Waals surface area contributed by atoms with Crippen molar-refractivity contribution in [1.82, 2.24) is 0 Å². The lowest BCUT2D eigenvalue weighted by Crippen LogP contribution is -2.04. The highest BCUT2D eigenvalue weighted by Gasteiger charge is 2.25. The van der Waals surface area contributed by atoms with Gasteiger partial charge in [0.1, 0.15) is 18.1 Å². The number of ether oxygens (including phenoxy) is 3. The molecule has 3 aromatic rings. The van der Waals surface area contributed by atoms with Crippen molar-refractivity contribution in [2.45, 2.75) is 52.6 Å². The number of hydrogen-bond acceptors (Lipinski definition) is 4. The lowest BCUT2D eigenvalue weighted by atomic mass is 9.98. The van der Waals surface area contributed by atoms with E-state index in [0.29, 0.717) is 18.1 Å². The molecule has 0 bridgehead atoms. The fourth-order valence-electron chi connectivity index (χ4n) is 4.51. The van der Waals surface area contributed by atoms with Gasteiger partial charge in [0.25, 0.3) is 0 Å². The maximum absolute atomic E-state index is 9.53. The zero-order chi connectivity index (χ0) is 22.7. The van der Waals surface area contributed by atoms with Crippen LogP contribution >= 0.6 is 0 Å². The van der Waals surface area contributed by atoms with Crippen LogP contribution in [0.3, 0.4) is 0 Å². The van der Waals surface area contributed by atoms with Crippen LogP contribution < -0.4 is 14.2 Å². The van der Waals surface area contributed by atoms with Crippen LogP contribution in [0.4, 0.5) is 0 Å². The average Bonchev–Trinajstić information content (AvgIpc) is 3.29. The summed E-state index contributed by atoms with van der Waals surface area (Å²) in [5, 5.41) is 9.53. The number of hydrogen-bond donors (Lipinski definition) is 0. The molecular formula is C28H29NO3. The summed E-state index contributed by atoms with van der Waals surface area (Å²) in [5.41, 5.74) is 6.12. The Morgan fingerprint density at radius 1 is 0.969 bits per heavy atom. The molecule has 4 nitrogen and oxygen atoms in total. The van der Waals surface area contributed by atoms with Crippen molar-refractivity contribution in [3.8, 4) is 29.1 Å². The molecule has 0 saturated heterocycles. The predicted molar refractivity (Wildman–Crippen MR) is 126 cm³/mol. The highest BCUT2D eigenvalue weighted by atomic mass is 16.5. The first-order chi connectivity index (χ1) is 15.5. The number of aryl methyl sites for hydroxylation is 1. The molecule has 0 amide bonds. The van der Waals surface area contributed by atoms with E-state index in [1.165, 1.54) is 0 Å². The van der Waals surface area contributed by atoms with Crippen molar-refractivity contribution in [3.05, 3.63) is 81.9 Å². The number of methoxy groups -OCH3 is 1. The van der Waals surface area contributed by atoms with Crippen LogP contribution in [-0.2, 0) is 19.4 Å². The fraction of sp³-hybridized carbons (Fsp3) is 0.321. The Morgan fingerprint density at radius 2 is 1.69 bits per heavy atom. The molecule has 4 rings (SSSR count). The molecule has 1 aliphatic carbocycles. The zero-order valence-corrected chi connectivity index (χ0v) is 19.2. The average molecular weight is 428 g/mol. The number of fused-ring (bicyclic) bond motifs is 1. The van der Waals surface area contributed by atoms with Gasteiger partial charge in [-0.3, -0.25) is 0 Å². The van der Waals surface area contributed by atoms with Gasteiger partial charge in [-0.25, -0.2) is 0 Å². The molecule has 4 heteroatoms. The Balaban J connectivity index is 1.71. The summed E-state index contributed by atoms with van der Waals surface area (Å²) in [4.78, 5) is 0. The second-order valence-electron chi connectivity index (χ2n) is 8.53. The minimum Gasteiger partial charge on any atom is -0.492 e. The van der Waals surface area contributed by atoms with Gasteiger partial charge >= 0.3 is 0 Å². The summed E-state index contributed by atoms with van der Waals surface area (Å²) < 4.78 is 18.5. The molecule has 0 radical (unpaired) electrons. The normalized spacial score (nSPS) is 12.4. The number of nitrogens with zero attached hydrogens (tertiary/aromatic N) is 1. The molecule has 0 spiro atoms. The van der Waals surface area contributed by atoms with Gasteiger partial charge in [0.05, 0.1) is 18.7 Å². The van der Waals surface area contributed by atoms with Gasteiger partial charge in [0, 0.05) is 5.56 Å². The van der Waals surface area contributed by atoms with Crippen molar-refractivity contribution < 1.29 is 14.2 Å². The Hall–Kier alpha value is -3.45. The molecule has 0 heterocycles. The van der Waals surface area contributed by atoms with Crippen molar-refractivity contribution in [2.75, 3.05) is 7.11 Å². The van der Waals surface area contributed by atoms with E-state index in [0.717, 1.165) is 64.1 Å². The summed E-state index contributed by atoms with van der Waals surface area (Å²) in [7, 11) is 1.67. The van der Waals surface area contributed by atoms with Gasteiger partial charge < -0.3 is 14.2 Å². The van der Waals surface area contributed by atoms with E-state index in [1.54, 1.807) is 7.11 Å². The van der Waals surface area contributed by atoms with Gasteiger partial charge in [-0.2, -0.15) is 5.26 Å². The summed E-state index contributed by atoms with van der Waals surface area (Å²) in [6.07, 6.45) is 2.90. The smallest absolute Gasteiger partial charge is 0.169 e. The fourth-order valence-corrected chi connectivity index (χ4v) is 4.51. The molecule has 0 unspecified atom stereocenters. The van der Waals surface area contributed by atoms with Gasteiger partial charge in [-0.05, 0) is 72.6 Å². The molecule has 0 atom stereocenters. The van der Waals surface area contributed by atoms with Crippen LogP contribution in [-0.4, -0.2) is 7.11 Å². The third kappa shape index (κ3) is 4.16. The Bertz CT molecular complexity index is 1160. The third-order valence-corrected chi connectivity index (χ3v) is 6.01. The largest absolute Gasteiger partial charge is 0.492 e. The lowest BCUT2D eigenvalue weighted by Gasteiger charge is -2.22. The molecule has 0 aromatic heterocycles. The Morgan fingerprint density at radius 3 is 2.38 bits per heavy atom. The van der Waals surface area contributed by atoms with Crippen LogP contribution in [0, 0.1) is 18.3 Å². The van der Waals surface area contributed by atoms with Gasteiger partial charge in [-0.15, -0.1) is 0 Å². The highest BCUT2D eigenvalue weighted by molar-refractivity contribution is 5.60. The molecule has 0 aliphatic heterocycles. The predicted octanol–water partition coefficient (Wildman–Crippen LogP) is 6.86. The monoisotopic (exact) mass is 427 g/mol. The number of rotatable bonds is 7. The Labute approximate surface area is 190 Å². The highest BCUT2D eigenvalue weighted by Crippen LogP contribution is 2.46. The van der Waals surface area contributed by atoms with Gasteiger partial charge in [0.2, 0.25) is 0 Å². The molecule has 0 saturated carbocycles. The first-order valence-corrected chi connectivity index (χ1v) is 11.1. The molecule has 0 fully saturated rings. The minimum absolute atomic E-state index is 0.187. The van der Waals surface area contributed by atoms with E-state index in [-0.39, 0.29) is 5.92 Å². The standard InChI is InChI=1S/C28H29NO3/c1-18(2)26-24(31-17-20-9-6-5-7-10-20)13-14-25(28(26)30-4)32-27-19(3)15-21(16-29)22-11-8-12-23(22)27/h5-7,9-10,13-15,18H,8,11-12,17H2,1-4H3. The maximum Gasteiger partial charge on any atom is 0.169 e. The van der Waals surface area contributed by atoms with Crippen molar-refractivity contribution in [3.63, 3.8) is 0 Å². The second-order valence-corrected chi connectivity index (χ2v) is 8.53. The van der Waals surface area contributed by atoms with Crippen LogP contribution in [0.15, 0.2) is 48.5 Å². The zero-order valence-electron chi connectivity index (χ0n) is 19.2. The van der Waals surface area contributed by atoms with Crippen molar-refractivity contribution in [1.29, 1.82) is 5.26 Å². The number of benzene rings is 3. The third-order valence-electron chi connectivity index (χ3n) is 6.01. The van der Waals surface area contributed by atoms with Gasteiger partial charge in [-0.1, -0.05) is 44.2 Å². The second kappa shape index (κ2) is 9.36. The lowest BCUT2D eigenvalue weighted by molar-refractivity contribution is 0.295. The van der Waals surface area contributed by atoms with E-state index in [4.69, 9.17) is 14.2 Å². The minimum atomic E-state index is 0.187. The summed E-state index contributed by atoms with van der Waals surface area (Å²) in [6, 6.07) is 18.3. The number of nitriles is 1. The van der Waals surface area contributed by atoms with Crippen LogP contribution in [0.2, 0.25) is 0 Å². The van der Waals surface area contributed by atoms with Crippen molar-refractivity contribution >= 4 is 0 Å². The summed E-state index contributed by atoms with van der Waals surface area (Å²) >= 11 is 0.